The van der Waals surface area contributed by atoms with E-state index in [0.717, 1.165) is 0 Å². The number of hydrogen-bond acceptors (Lipinski definition) is 4. The summed E-state index contributed by atoms with van der Waals surface area (Å²) in [6.45, 7) is 6.15. The number of pyridine rings is 1. The summed E-state index contributed by atoms with van der Waals surface area (Å²) in [7, 11) is 0. The van der Waals surface area contributed by atoms with Crippen molar-refractivity contribution in [2.75, 3.05) is 6.61 Å². The van der Waals surface area contributed by atoms with Gasteiger partial charge in [0.05, 0.1) is 23.4 Å². The van der Waals surface area contributed by atoms with Crippen LogP contribution in [0.15, 0.2) is 52.5 Å². The van der Waals surface area contributed by atoms with Gasteiger partial charge in [0.2, 0.25) is 0 Å². The summed E-state index contributed by atoms with van der Waals surface area (Å²) in [4.78, 5) is 15.8. The Morgan fingerprint density at radius 2 is 2.33 bits per heavy atom. The molecule has 0 spiro atoms. The average molecular weight is 243 g/mol. The molecule has 0 fully saturated rings. The van der Waals surface area contributed by atoms with Crippen molar-refractivity contribution in [2.24, 2.45) is 0 Å². The molecule has 2 rings (SSSR count). The second-order valence-electron chi connectivity index (χ2n) is 3.61. The topological polar surface area (TPSA) is 52.3 Å². The van der Waals surface area contributed by atoms with Crippen LogP contribution in [0.1, 0.15) is 12.5 Å². The number of aromatic nitrogens is 1. The van der Waals surface area contributed by atoms with Gasteiger partial charge in [0.1, 0.15) is 12.0 Å². The van der Waals surface area contributed by atoms with Gasteiger partial charge in [-0.1, -0.05) is 12.6 Å². The van der Waals surface area contributed by atoms with Gasteiger partial charge in [0.25, 0.3) is 0 Å². The predicted octanol–water partition coefficient (Wildman–Crippen LogP) is 2.71. The molecule has 0 aliphatic carbocycles. The molecule has 2 aromatic rings. The van der Waals surface area contributed by atoms with Gasteiger partial charge in [-0.15, -0.1) is 0 Å². The molecule has 92 valence electrons. The van der Waals surface area contributed by atoms with Crippen molar-refractivity contribution in [3.05, 3.63) is 59.3 Å². The molecule has 0 amide bonds. The molecule has 4 heteroatoms. The third-order valence-electron chi connectivity index (χ3n) is 2.39. The lowest BCUT2D eigenvalue weighted by Crippen LogP contribution is -2.05. The van der Waals surface area contributed by atoms with E-state index in [1.807, 2.05) is 13.0 Å². The van der Waals surface area contributed by atoms with E-state index >= 15 is 0 Å². The van der Waals surface area contributed by atoms with Crippen LogP contribution in [-0.2, 0) is 4.74 Å². The van der Waals surface area contributed by atoms with Crippen molar-refractivity contribution < 1.29 is 9.15 Å². The van der Waals surface area contributed by atoms with Crippen LogP contribution in [-0.4, -0.2) is 11.6 Å². The maximum atomic E-state index is 11.7. The fourth-order valence-electron chi connectivity index (χ4n) is 1.53. The predicted molar refractivity (Wildman–Crippen MR) is 68.9 cm³/mol. The van der Waals surface area contributed by atoms with Gasteiger partial charge in [-0.25, -0.2) is 4.79 Å². The van der Waals surface area contributed by atoms with Crippen molar-refractivity contribution in [3.8, 4) is 11.3 Å². The van der Waals surface area contributed by atoms with E-state index in [0.29, 0.717) is 29.2 Å². The molecule has 0 atom stereocenters. The van der Waals surface area contributed by atoms with Crippen LogP contribution in [0.4, 0.5) is 0 Å². The van der Waals surface area contributed by atoms with Gasteiger partial charge < -0.3 is 9.15 Å². The Morgan fingerprint density at radius 3 is 3.00 bits per heavy atom. The highest BCUT2D eigenvalue weighted by atomic mass is 16.5. The fourth-order valence-corrected chi connectivity index (χ4v) is 1.53. The molecule has 0 aliphatic heterocycles. The van der Waals surface area contributed by atoms with Crippen LogP contribution < -0.4 is 5.63 Å². The quantitative estimate of drug-likeness (QED) is 0.775. The fraction of sp³-hybridized carbons (Fsp3) is 0.143. The second-order valence-corrected chi connectivity index (χ2v) is 3.61. The lowest BCUT2D eigenvalue weighted by atomic mass is 10.1. The minimum atomic E-state index is -0.429. The third kappa shape index (κ3) is 2.48. The summed E-state index contributed by atoms with van der Waals surface area (Å²) in [5.41, 5.74) is 1.17. The van der Waals surface area contributed by atoms with Crippen LogP contribution in [0.2, 0.25) is 0 Å². The Morgan fingerprint density at radius 1 is 1.50 bits per heavy atom. The Hall–Kier alpha value is -2.36. The lowest BCUT2D eigenvalue weighted by molar-refractivity contribution is 0.298. The normalized spacial score (nSPS) is 10.1. The highest BCUT2D eigenvalue weighted by molar-refractivity contribution is 5.65. The Bertz CT molecular complexity index is 602. The highest BCUT2D eigenvalue weighted by Gasteiger charge is 2.09. The summed E-state index contributed by atoms with van der Waals surface area (Å²) < 4.78 is 10.3. The second kappa shape index (κ2) is 5.31. The van der Waals surface area contributed by atoms with Gasteiger partial charge in [-0.3, -0.25) is 4.98 Å². The standard InChI is InChI=1S/C14H13NO3/c1-3-17-10(2)11-8-12(14(16)18-9-11)13-6-4-5-7-15-13/h4-9H,2-3H2,1H3. The minimum absolute atomic E-state index is 0.397. The summed E-state index contributed by atoms with van der Waals surface area (Å²) in [6.07, 6.45) is 2.96. The first-order valence-electron chi connectivity index (χ1n) is 5.58. The summed E-state index contributed by atoms with van der Waals surface area (Å²) in [5.74, 6) is 0.471. The van der Waals surface area contributed by atoms with Crippen LogP contribution in [0, 0.1) is 0 Å². The molecule has 2 aromatic heterocycles. The molecule has 0 saturated carbocycles. The molecule has 2 heterocycles. The third-order valence-corrected chi connectivity index (χ3v) is 2.39. The SMILES string of the molecule is C=C(OCC)c1coc(=O)c(-c2ccccn2)c1. The summed E-state index contributed by atoms with van der Waals surface area (Å²) >= 11 is 0. The molecule has 0 aliphatic rings. The molecule has 0 radical (unpaired) electrons. The number of hydrogen-bond donors (Lipinski definition) is 0. The molecular formula is C14H13NO3. The highest BCUT2D eigenvalue weighted by Crippen LogP contribution is 2.18. The van der Waals surface area contributed by atoms with E-state index < -0.39 is 5.63 Å². The smallest absolute Gasteiger partial charge is 0.345 e. The lowest BCUT2D eigenvalue weighted by Gasteiger charge is -2.07. The largest absolute Gasteiger partial charge is 0.494 e. The zero-order valence-electron chi connectivity index (χ0n) is 10.1. The van der Waals surface area contributed by atoms with E-state index in [9.17, 15) is 4.79 Å². The van der Waals surface area contributed by atoms with Crippen LogP contribution >= 0.6 is 0 Å². The maximum Gasteiger partial charge on any atom is 0.345 e. The van der Waals surface area contributed by atoms with Gasteiger partial charge in [-0.05, 0) is 25.1 Å². The zero-order valence-corrected chi connectivity index (χ0v) is 10.1. The minimum Gasteiger partial charge on any atom is -0.494 e. The zero-order chi connectivity index (χ0) is 13.0. The maximum absolute atomic E-state index is 11.7. The van der Waals surface area contributed by atoms with Crippen LogP contribution in [0.25, 0.3) is 17.0 Å². The first-order chi connectivity index (χ1) is 8.72. The Kier molecular flexibility index (Phi) is 3.57. The molecule has 0 saturated heterocycles. The first-order valence-corrected chi connectivity index (χ1v) is 5.58. The van der Waals surface area contributed by atoms with E-state index in [1.54, 1.807) is 24.4 Å². The Balaban J connectivity index is 2.46. The summed E-state index contributed by atoms with van der Waals surface area (Å²) in [5, 5.41) is 0. The molecule has 4 nitrogen and oxygen atoms in total. The van der Waals surface area contributed by atoms with Crippen LogP contribution in [0.3, 0.4) is 0 Å². The molecular weight excluding hydrogens is 230 g/mol. The molecule has 0 aromatic carbocycles. The van der Waals surface area contributed by atoms with E-state index in [-0.39, 0.29) is 0 Å². The molecule has 0 unspecified atom stereocenters. The Labute approximate surface area is 105 Å². The van der Waals surface area contributed by atoms with Crippen molar-refractivity contribution in [1.82, 2.24) is 4.98 Å². The van der Waals surface area contributed by atoms with Crippen molar-refractivity contribution >= 4 is 5.76 Å². The number of rotatable bonds is 4. The van der Waals surface area contributed by atoms with Crippen molar-refractivity contribution in [3.63, 3.8) is 0 Å². The van der Waals surface area contributed by atoms with Gasteiger partial charge in [0.15, 0.2) is 0 Å². The van der Waals surface area contributed by atoms with Crippen molar-refractivity contribution in [2.45, 2.75) is 6.92 Å². The number of ether oxygens (including phenoxy) is 1. The van der Waals surface area contributed by atoms with Crippen molar-refractivity contribution in [1.29, 1.82) is 0 Å². The van der Waals surface area contributed by atoms with E-state index in [1.165, 1.54) is 6.26 Å². The van der Waals surface area contributed by atoms with Gasteiger partial charge in [0, 0.05) is 6.20 Å². The van der Waals surface area contributed by atoms with Gasteiger partial charge >= 0.3 is 5.63 Å². The molecule has 0 N–H and O–H groups in total. The van der Waals surface area contributed by atoms with Gasteiger partial charge in [-0.2, -0.15) is 0 Å². The van der Waals surface area contributed by atoms with E-state index in [2.05, 4.69) is 11.6 Å². The molecule has 18 heavy (non-hydrogen) atoms. The van der Waals surface area contributed by atoms with Crippen LogP contribution in [0.5, 0.6) is 0 Å². The average Bonchev–Trinajstić information content (AvgIpc) is 2.40. The molecule has 0 bridgehead atoms. The number of nitrogens with zero attached hydrogens (tertiary/aromatic N) is 1. The monoisotopic (exact) mass is 243 g/mol. The van der Waals surface area contributed by atoms with E-state index in [4.69, 9.17) is 9.15 Å². The summed E-state index contributed by atoms with van der Waals surface area (Å²) in [6, 6.07) is 7.02. The first kappa shape index (κ1) is 12.1.